The van der Waals surface area contributed by atoms with Crippen LogP contribution >= 0.6 is 11.6 Å². The maximum Gasteiger partial charge on any atom is 0.196 e. The monoisotopic (exact) mass is 250 g/mol. The largest absolute Gasteiger partial charge is 0.502 e. The molecule has 1 unspecified atom stereocenters. The maximum absolute atomic E-state index is 12.3. The molecule has 1 aliphatic carbocycles. The van der Waals surface area contributed by atoms with Crippen LogP contribution in [-0.2, 0) is 9.47 Å². The summed E-state index contributed by atoms with van der Waals surface area (Å²) >= 11 is 5.16. The van der Waals surface area contributed by atoms with E-state index in [2.05, 4.69) is 6.58 Å². The van der Waals surface area contributed by atoms with Crippen molar-refractivity contribution in [3.8, 4) is 0 Å². The number of ether oxygens (including phenoxy) is 2. The van der Waals surface area contributed by atoms with Crippen molar-refractivity contribution in [3.05, 3.63) is 12.8 Å². The van der Waals surface area contributed by atoms with E-state index in [1.54, 1.807) is 0 Å². The van der Waals surface area contributed by atoms with Gasteiger partial charge in [0, 0.05) is 6.61 Å². The third kappa shape index (κ3) is 5.71. The fourth-order valence-electron chi connectivity index (χ4n) is 2.09. The van der Waals surface area contributed by atoms with Crippen molar-refractivity contribution in [2.75, 3.05) is 19.8 Å². The first-order valence-electron chi connectivity index (χ1n) is 5.80. The fraction of sp³-hybridized carbons (Fsp3) is 0.833. The standard InChI is InChI=1S/C12H20ClFO2/c1-2-15-7-10-3-5-11(6-4-10)8-16-9-12(13)14/h2,10-12H,1,3-9H2. The molecule has 0 aliphatic heterocycles. The first-order valence-corrected chi connectivity index (χ1v) is 6.24. The van der Waals surface area contributed by atoms with E-state index in [0.717, 1.165) is 32.3 Å². The lowest BCUT2D eigenvalue weighted by molar-refractivity contribution is 0.0541. The Morgan fingerprint density at radius 2 is 1.81 bits per heavy atom. The molecule has 0 N–H and O–H groups in total. The van der Waals surface area contributed by atoms with Gasteiger partial charge >= 0.3 is 0 Å². The molecular formula is C12H20ClFO2. The second-order valence-electron chi connectivity index (χ2n) is 4.32. The molecule has 0 heterocycles. The van der Waals surface area contributed by atoms with Gasteiger partial charge in [-0.05, 0) is 37.5 Å². The van der Waals surface area contributed by atoms with Crippen LogP contribution in [0, 0.1) is 11.8 Å². The molecule has 4 heteroatoms. The SMILES string of the molecule is C=COCC1CCC(COCC(F)Cl)CC1. The number of halogens is 2. The van der Waals surface area contributed by atoms with Crippen LogP contribution < -0.4 is 0 Å². The Hall–Kier alpha value is -0.280. The Labute approximate surface area is 102 Å². The molecular weight excluding hydrogens is 231 g/mol. The van der Waals surface area contributed by atoms with E-state index in [4.69, 9.17) is 21.1 Å². The second-order valence-corrected chi connectivity index (χ2v) is 4.79. The minimum absolute atomic E-state index is 0.00105. The Balaban J connectivity index is 2.05. The minimum atomic E-state index is -1.38. The van der Waals surface area contributed by atoms with Gasteiger partial charge in [0.15, 0.2) is 5.63 Å². The second kappa shape index (κ2) is 7.91. The van der Waals surface area contributed by atoms with Gasteiger partial charge in [0.1, 0.15) is 0 Å². The lowest BCUT2D eigenvalue weighted by Gasteiger charge is -2.27. The van der Waals surface area contributed by atoms with Crippen molar-refractivity contribution in [1.82, 2.24) is 0 Å². The van der Waals surface area contributed by atoms with Gasteiger partial charge in [-0.1, -0.05) is 18.2 Å². The van der Waals surface area contributed by atoms with Crippen LogP contribution in [0.4, 0.5) is 4.39 Å². The molecule has 1 rings (SSSR count). The van der Waals surface area contributed by atoms with E-state index < -0.39 is 5.63 Å². The molecule has 0 saturated heterocycles. The van der Waals surface area contributed by atoms with E-state index in [1.165, 1.54) is 6.26 Å². The van der Waals surface area contributed by atoms with Crippen LogP contribution in [0.1, 0.15) is 25.7 Å². The van der Waals surface area contributed by atoms with Crippen molar-refractivity contribution < 1.29 is 13.9 Å². The normalized spacial score (nSPS) is 27.4. The van der Waals surface area contributed by atoms with Gasteiger partial charge in [-0.25, -0.2) is 4.39 Å². The predicted octanol–water partition coefficient (Wildman–Crippen LogP) is 3.50. The highest BCUT2D eigenvalue weighted by atomic mass is 35.5. The molecule has 0 spiro atoms. The molecule has 2 nitrogen and oxygen atoms in total. The number of hydrogen-bond acceptors (Lipinski definition) is 2. The Morgan fingerprint density at radius 1 is 1.25 bits per heavy atom. The lowest BCUT2D eigenvalue weighted by Crippen LogP contribution is -2.22. The predicted molar refractivity (Wildman–Crippen MR) is 63.2 cm³/mol. The number of rotatable bonds is 7. The quantitative estimate of drug-likeness (QED) is 0.509. The minimum Gasteiger partial charge on any atom is -0.502 e. The summed E-state index contributed by atoms with van der Waals surface area (Å²) in [6, 6.07) is 0. The summed E-state index contributed by atoms with van der Waals surface area (Å²) < 4.78 is 22.7. The maximum atomic E-state index is 12.3. The topological polar surface area (TPSA) is 18.5 Å². The summed E-state index contributed by atoms with van der Waals surface area (Å²) in [6.07, 6.45) is 6.06. The summed E-state index contributed by atoms with van der Waals surface area (Å²) in [6.45, 7) is 4.92. The van der Waals surface area contributed by atoms with Gasteiger partial charge < -0.3 is 9.47 Å². The van der Waals surface area contributed by atoms with E-state index in [0.29, 0.717) is 18.4 Å². The molecule has 0 aromatic rings. The van der Waals surface area contributed by atoms with Crippen molar-refractivity contribution in [3.63, 3.8) is 0 Å². The van der Waals surface area contributed by atoms with Crippen molar-refractivity contribution in [2.45, 2.75) is 31.3 Å². The van der Waals surface area contributed by atoms with Crippen molar-refractivity contribution in [2.24, 2.45) is 11.8 Å². The lowest BCUT2D eigenvalue weighted by atomic mass is 9.83. The molecule has 1 atom stereocenters. The molecule has 1 aliphatic rings. The molecule has 0 aromatic heterocycles. The van der Waals surface area contributed by atoms with E-state index in [-0.39, 0.29) is 6.61 Å². The third-order valence-electron chi connectivity index (χ3n) is 3.01. The van der Waals surface area contributed by atoms with Gasteiger partial charge in [-0.15, -0.1) is 0 Å². The average Bonchev–Trinajstić information content (AvgIpc) is 2.27. The Morgan fingerprint density at radius 3 is 2.31 bits per heavy atom. The third-order valence-corrected chi connectivity index (χ3v) is 3.14. The summed E-state index contributed by atoms with van der Waals surface area (Å²) in [4.78, 5) is 0. The van der Waals surface area contributed by atoms with E-state index >= 15 is 0 Å². The molecule has 0 bridgehead atoms. The molecule has 1 saturated carbocycles. The summed E-state index contributed by atoms with van der Waals surface area (Å²) in [5, 5.41) is 0. The van der Waals surface area contributed by atoms with Gasteiger partial charge in [0.25, 0.3) is 0 Å². The zero-order valence-corrected chi connectivity index (χ0v) is 10.3. The van der Waals surface area contributed by atoms with Crippen LogP contribution in [0.3, 0.4) is 0 Å². The zero-order valence-electron chi connectivity index (χ0n) is 9.54. The van der Waals surface area contributed by atoms with Gasteiger partial charge in [0.05, 0.1) is 19.5 Å². The first kappa shape index (κ1) is 13.8. The highest BCUT2D eigenvalue weighted by Gasteiger charge is 2.21. The molecule has 0 radical (unpaired) electrons. The summed E-state index contributed by atoms with van der Waals surface area (Å²) in [5.41, 5.74) is -1.38. The number of hydrogen-bond donors (Lipinski definition) is 0. The van der Waals surface area contributed by atoms with Crippen molar-refractivity contribution >= 4 is 11.6 Å². The van der Waals surface area contributed by atoms with Gasteiger partial charge in [0.2, 0.25) is 0 Å². The average molecular weight is 251 g/mol. The van der Waals surface area contributed by atoms with E-state index in [9.17, 15) is 4.39 Å². The highest BCUT2D eigenvalue weighted by molar-refractivity contribution is 6.19. The molecule has 0 aromatic carbocycles. The summed E-state index contributed by atoms with van der Waals surface area (Å²) in [5.74, 6) is 1.19. The molecule has 94 valence electrons. The first-order chi connectivity index (χ1) is 7.72. The van der Waals surface area contributed by atoms with Crippen LogP contribution in [-0.4, -0.2) is 25.5 Å². The van der Waals surface area contributed by atoms with Gasteiger partial charge in [-0.3, -0.25) is 0 Å². The van der Waals surface area contributed by atoms with Crippen LogP contribution in [0.15, 0.2) is 12.8 Å². The Kier molecular flexibility index (Phi) is 6.81. The van der Waals surface area contributed by atoms with Gasteiger partial charge in [-0.2, -0.15) is 0 Å². The smallest absolute Gasteiger partial charge is 0.196 e. The van der Waals surface area contributed by atoms with Crippen LogP contribution in [0.5, 0.6) is 0 Å². The van der Waals surface area contributed by atoms with Crippen LogP contribution in [0.25, 0.3) is 0 Å². The molecule has 1 fully saturated rings. The van der Waals surface area contributed by atoms with E-state index in [1.807, 2.05) is 0 Å². The Bertz CT molecular complexity index is 191. The fourth-order valence-corrected chi connectivity index (χ4v) is 2.18. The number of alkyl halides is 2. The highest BCUT2D eigenvalue weighted by Crippen LogP contribution is 2.29. The molecule has 16 heavy (non-hydrogen) atoms. The molecule has 0 amide bonds. The van der Waals surface area contributed by atoms with Crippen LogP contribution in [0.2, 0.25) is 0 Å². The zero-order chi connectivity index (χ0) is 11.8. The van der Waals surface area contributed by atoms with Crippen molar-refractivity contribution in [1.29, 1.82) is 0 Å². The summed E-state index contributed by atoms with van der Waals surface area (Å²) in [7, 11) is 0.